The van der Waals surface area contributed by atoms with Crippen LogP contribution in [0.25, 0.3) is 0 Å². The molecule has 0 saturated heterocycles. The Hall–Kier alpha value is -2.18. The van der Waals surface area contributed by atoms with Gasteiger partial charge in [0, 0.05) is 18.8 Å². The van der Waals surface area contributed by atoms with Gasteiger partial charge in [-0.15, -0.1) is 0 Å². The summed E-state index contributed by atoms with van der Waals surface area (Å²) in [6.45, 7) is 1.79. The van der Waals surface area contributed by atoms with Crippen molar-refractivity contribution in [1.82, 2.24) is 4.31 Å². The molecule has 1 heterocycles. The van der Waals surface area contributed by atoms with E-state index in [2.05, 4.69) is 11.4 Å². The molecule has 1 amide bonds. The van der Waals surface area contributed by atoms with Crippen LogP contribution in [0.15, 0.2) is 47.4 Å². The van der Waals surface area contributed by atoms with E-state index in [1.807, 2.05) is 18.2 Å². The fraction of sp³-hybridized carbons (Fsp3) is 0.350. The highest BCUT2D eigenvalue weighted by Crippen LogP contribution is 2.38. The van der Waals surface area contributed by atoms with Gasteiger partial charge in [-0.1, -0.05) is 24.3 Å². The minimum Gasteiger partial charge on any atom is -0.325 e. The predicted octanol–water partition coefficient (Wildman–Crippen LogP) is 3.44. The number of carbonyl (C=O) groups excluding carboxylic acids is 1. The maximum Gasteiger partial charge on any atom is 0.243 e. The molecule has 2 atom stereocenters. The topological polar surface area (TPSA) is 66.5 Å². The largest absolute Gasteiger partial charge is 0.325 e. The molecular weight excluding hydrogens is 348 g/mol. The number of benzene rings is 2. The van der Waals surface area contributed by atoms with Crippen molar-refractivity contribution in [2.24, 2.45) is 0 Å². The molecule has 0 radical (unpaired) electrons. The zero-order valence-electron chi connectivity index (χ0n) is 14.9. The molecule has 2 aliphatic rings. The molecular formula is C20H22N2O3S. The minimum absolute atomic E-state index is 0.0934. The first-order chi connectivity index (χ1) is 12.4. The molecule has 5 nitrogen and oxygen atoms in total. The maximum absolute atomic E-state index is 13.2. The van der Waals surface area contributed by atoms with Gasteiger partial charge < -0.3 is 5.32 Å². The molecule has 1 N–H and O–H groups in total. The number of nitrogens with one attached hydrogen (secondary N) is 1. The lowest BCUT2D eigenvalue weighted by atomic mass is 9.88. The number of fused-ring (bicyclic) bond motifs is 2. The van der Waals surface area contributed by atoms with Crippen LogP contribution in [-0.4, -0.2) is 25.7 Å². The van der Waals surface area contributed by atoms with Crippen molar-refractivity contribution >= 4 is 21.6 Å². The van der Waals surface area contributed by atoms with E-state index in [1.165, 1.54) is 9.87 Å². The Bertz CT molecular complexity index is 984. The lowest BCUT2D eigenvalue weighted by Gasteiger charge is -2.32. The number of rotatable bonds is 3. The average Bonchev–Trinajstić information content (AvgIpc) is 2.94. The van der Waals surface area contributed by atoms with Gasteiger partial charge in [-0.25, -0.2) is 8.42 Å². The summed E-state index contributed by atoms with van der Waals surface area (Å²) in [5.41, 5.74) is 3.76. The predicted molar refractivity (Wildman–Crippen MR) is 101 cm³/mol. The van der Waals surface area contributed by atoms with Crippen molar-refractivity contribution in [2.45, 2.75) is 43.0 Å². The standard InChI is InChI=1S/C20H22N2O3S/c1-13-17-12-15(10-11-18(17)21-20(13)23)26(24,25)22(2)19-9-5-7-14-6-3-4-8-16(14)19/h3-4,6,8,10-13,19H,5,7,9H2,1-2H3,(H,21,23)/t13-,19-/m1/s1. The summed E-state index contributed by atoms with van der Waals surface area (Å²) in [4.78, 5) is 12.1. The summed E-state index contributed by atoms with van der Waals surface area (Å²) in [6, 6.07) is 12.8. The van der Waals surface area contributed by atoms with Gasteiger partial charge in [0.2, 0.25) is 15.9 Å². The van der Waals surface area contributed by atoms with Crippen molar-refractivity contribution in [3.63, 3.8) is 0 Å². The number of sulfonamides is 1. The van der Waals surface area contributed by atoms with E-state index in [4.69, 9.17) is 0 Å². The summed E-state index contributed by atoms with van der Waals surface area (Å²) in [6.07, 6.45) is 2.78. The summed E-state index contributed by atoms with van der Waals surface area (Å²) >= 11 is 0. The van der Waals surface area contributed by atoms with Gasteiger partial charge in [-0.2, -0.15) is 4.31 Å². The second-order valence-electron chi connectivity index (χ2n) is 7.09. The molecule has 136 valence electrons. The SMILES string of the molecule is C[C@H]1C(=O)Nc2ccc(S(=O)(=O)N(C)[C@@H]3CCCc4ccccc43)cc21. The first-order valence-electron chi connectivity index (χ1n) is 8.90. The van der Waals surface area contributed by atoms with Gasteiger partial charge in [0.05, 0.1) is 10.8 Å². The highest BCUT2D eigenvalue weighted by molar-refractivity contribution is 7.89. The molecule has 0 fully saturated rings. The van der Waals surface area contributed by atoms with Crippen LogP contribution in [0.3, 0.4) is 0 Å². The van der Waals surface area contributed by atoms with Crippen LogP contribution in [0.2, 0.25) is 0 Å². The molecule has 0 saturated carbocycles. The van der Waals surface area contributed by atoms with E-state index >= 15 is 0 Å². The van der Waals surface area contributed by atoms with Crippen molar-refractivity contribution in [3.8, 4) is 0 Å². The molecule has 2 aromatic carbocycles. The van der Waals surface area contributed by atoms with Gasteiger partial charge in [0.15, 0.2) is 0 Å². The Kier molecular flexibility index (Phi) is 4.12. The minimum atomic E-state index is -3.65. The third kappa shape index (κ3) is 2.64. The van der Waals surface area contributed by atoms with E-state index in [9.17, 15) is 13.2 Å². The zero-order chi connectivity index (χ0) is 18.5. The molecule has 2 aromatic rings. The Morgan fingerprint density at radius 2 is 1.88 bits per heavy atom. The Morgan fingerprint density at radius 3 is 2.69 bits per heavy atom. The van der Waals surface area contributed by atoms with Crippen LogP contribution < -0.4 is 5.32 Å². The first kappa shape index (κ1) is 17.2. The van der Waals surface area contributed by atoms with Gasteiger partial charge in [-0.05, 0) is 61.1 Å². The third-order valence-electron chi connectivity index (χ3n) is 5.59. The summed E-state index contributed by atoms with van der Waals surface area (Å²) in [5.74, 6) is -0.426. The van der Waals surface area contributed by atoms with Crippen molar-refractivity contribution in [2.75, 3.05) is 12.4 Å². The summed E-state index contributed by atoms with van der Waals surface area (Å²) in [5, 5.41) is 2.78. The van der Waals surface area contributed by atoms with Gasteiger partial charge >= 0.3 is 0 Å². The van der Waals surface area contributed by atoms with Crippen LogP contribution in [-0.2, 0) is 21.2 Å². The van der Waals surface area contributed by atoms with Crippen LogP contribution >= 0.6 is 0 Å². The molecule has 6 heteroatoms. The molecule has 1 aliphatic carbocycles. The van der Waals surface area contributed by atoms with Crippen molar-refractivity contribution < 1.29 is 13.2 Å². The van der Waals surface area contributed by atoms with Crippen molar-refractivity contribution in [3.05, 3.63) is 59.2 Å². The zero-order valence-corrected chi connectivity index (χ0v) is 15.7. The summed E-state index contributed by atoms with van der Waals surface area (Å²) in [7, 11) is -1.99. The van der Waals surface area contributed by atoms with E-state index in [0.717, 1.165) is 30.4 Å². The lowest BCUT2D eigenvalue weighted by molar-refractivity contribution is -0.116. The van der Waals surface area contributed by atoms with E-state index in [1.54, 1.807) is 32.2 Å². The Morgan fingerprint density at radius 1 is 1.12 bits per heavy atom. The molecule has 4 rings (SSSR count). The number of hydrogen-bond acceptors (Lipinski definition) is 3. The summed E-state index contributed by atoms with van der Waals surface area (Å²) < 4.78 is 28.0. The lowest BCUT2D eigenvalue weighted by Crippen LogP contribution is -2.33. The average molecular weight is 370 g/mol. The highest BCUT2D eigenvalue weighted by Gasteiger charge is 2.34. The fourth-order valence-electron chi connectivity index (χ4n) is 4.00. The normalized spacial score (nSPS) is 22.0. The van der Waals surface area contributed by atoms with Crippen LogP contribution in [0.5, 0.6) is 0 Å². The number of nitrogens with zero attached hydrogens (tertiary/aromatic N) is 1. The number of aryl methyl sites for hydroxylation is 1. The third-order valence-corrected chi connectivity index (χ3v) is 7.46. The van der Waals surface area contributed by atoms with Gasteiger partial charge in [0.1, 0.15) is 0 Å². The maximum atomic E-state index is 13.2. The molecule has 0 bridgehead atoms. The molecule has 1 aliphatic heterocycles. The van der Waals surface area contributed by atoms with Crippen LogP contribution in [0.4, 0.5) is 5.69 Å². The van der Waals surface area contributed by atoms with E-state index in [-0.39, 0.29) is 22.8 Å². The van der Waals surface area contributed by atoms with Gasteiger partial charge in [-0.3, -0.25) is 4.79 Å². The van der Waals surface area contributed by atoms with E-state index < -0.39 is 10.0 Å². The number of hydrogen-bond donors (Lipinski definition) is 1. The Balaban J connectivity index is 1.71. The molecule has 0 aromatic heterocycles. The first-order valence-corrected chi connectivity index (χ1v) is 10.3. The smallest absolute Gasteiger partial charge is 0.243 e. The quantitative estimate of drug-likeness (QED) is 0.900. The number of anilines is 1. The van der Waals surface area contributed by atoms with Gasteiger partial charge in [0.25, 0.3) is 0 Å². The Labute approximate surface area is 154 Å². The highest BCUT2D eigenvalue weighted by atomic mass is 32.2. The molecule has 26 heavy (non-hydrogen) atoms. The monoisotopic (exact) mass is 370 g/mol. The van der Waals surface area contributed by atoms with E-state index in [0.29, 0.717) is 5.69 Å². The number of amides is 1. The second kappa shape index (κ2) is 6.21. The molecule has 0 spiro atoms. The van der Waals surface area contributed by atoms with Crippen molar-refractivity contribution in [1.29, 1.82) is 0 Å². The number of carbonyl (C=O) groups is 1. The second-order valence-corrected chi connectivity index (χ2v) is 9.09. The fourth-order valence-corrected chi connectivity index (χ4v) is 5.40. The van der Waals surface area contributed by atoms with Crippen LogP contribution in [0, 0.1) is 0 Å². The molecule has 0 unspecified atom stereocenters. The van der Waals surface area contributed by atoms with Crippen LogP contribution in [0.1, 0.15) is 48.4 Å².